The lowest BCUT2D eigenvalue weighted by Gasteiger charge is -2.20. The molecule has 116 valence electrons. The molecule has 4 N–H and O–H groups in total. The number of amides is 1. The van der Waals surface area contributed by atoms with Gasteiger partial charge in [-0.2, -0.15) is 0 Å². The van der Waals surface area contributed by atoms with Crippen LogP contribution in [0.25, 0.3) is 4.96 Å². The summed E-state index contributed by atoms with van der Waals surface area (Å²) in [5.74, 6) is -0.513. The fourth-order valence-electron chi connectivity index (χ4n) is 1.74. The Morgan fingerprint density at radius 3 is 2.76 bits per heavy atom. The minimum Gasteiger partial charge on any atom is -0.381 e. The van der Waals surface area contributed by atoms with Crippen LogP contribution in [0.15, 0.2) is 16.6 Å². The first-order valence-corrected chi connectivity index (χ1v) is 8.48. The molecule has 0 bridgehead atoms. The van der Waals surface area contributed by atoms with Crippen molar-refractivity contribution in [2.24, 2.45) is 0 Å². The number of nitrogens with one attached hydrogen (secondary N) is 2. The largest absolute Gasteiger partial charge is 0.381 e. The quantitative estimate of drug-likeness (QED) is 0.738. The molecule has 0 spiro atoms. The van der Waals surface area contributed by atoms with E-state index < -0.39 is 21.5 Å². The standard InChI is InChI=1S/C11H17N5O3S2/c1-11(2,3)15-7(17)6-13-21(18,19)9-8(12)14-10-16(9)4-5-20-10/h4-5,13H,6,12H2,1-3H3,(H,15,17). The number of imidazole rings is 1. The molecule has 0 radical (unpaired) electrons. The van der Waals surface area contributed by atoms with Crippen LogP contribution >= 0.6 is 11.3 Å². The molecule has 2 aromatic rings. The number of carbonyl (C=O) groups is 1. The van der Waals surface area contributed by atoms with Crippen molar-refractivity contribution in [2.75, 3.05) is 12.3 Å². The van der Waals surface area contributed by atoms with Crippen molar-refractivity contribution in [1.82, 2.24) is 19.4 Å². The van der Waals surface area contributed by atoms with Crippen LogP contribution in [0.5, 0.6) is 0 Å². The van der Waals surface area contributed by atoms with Crippen molar-refractivity contribution in [3.63, 3.8) is 0 Å². The van der Waals surface area contributed by atoms with Gasteiger partial charge in [-0.05, 0) is 20.8 Å². The SMILES string of the molecule is CC(C)(C)NC(=O)CNS(=O)(=O)c1c(N)nc2sccn12. The summed E-state index contributed by atoms with van der Waals surface area (Å²) in [6.45, 7) is 5.06. The first kappa shape index (κ1) is 15.7. The Morgan fingerprint density at radius 2 is 2.14 bits per heavy atom. The van der Waals surface area contributed by atoms with E-state index in [0.29, 0.717) is 4.96 Å². The summed E-state index contributed by atoms with van der Waals surface area (Å²) in [6.07, 6.45) is 1.56. The van der Waals surface area contributed by atoms with Gasteiger partial charge in [0.05, 0.1) is 6.54 Å². The molecule has 0 saturated heterocycles. The minimum absolute atomic E-state index is 0.0921. The van der Waals surface area contributed by atoms with Crippen LogP contribution in [0.2, 0.25) is 0 Å². The van der Waals surface area contributed by atoms with Crippen LogP contribution in [-0.4, -0.2) is 35.8 Å². The van der Waals surface area contributed by atoms with Crippen LogP contribution in [0, 0.1) is 0 Å². The van der Waals surface area contributed by atoms with Gasteiger partial charge in [0.1, 0.15) is 0 Å². The summed E-state index contributed by atoms with van der Waals surface area (Å²) in [5.41, 5.74) is 5.22. The Labute approximate surface area is 126 Å². The normalized spacial score (nSPS) is 12.7. The Morgan fingerprint density at radius 1 is 1.48 bits per heavy atom. The van der Waals surface area contributed by atoms with E-state index in [2.05, 4.69) is 15.0 Å². The average molecular weight is 331 g/mol. The van der Waals surface area contributed by atoms with Gasteiger partial charge in [-0.25, -0.2) is 18.1 Å². The number of hydrogen-bond acceptors (Lipinski definition) is 6. The number of nitrogens with two attached hydrogens (primary N) is 1. The molecule has 2 aromatic heterocycles. The molecule has 0 saturated carbocycles. The van der Waals surface area contributed by atoms with Gasteiger partial charge in [0.25, 0.3) is 10.0 Å². The maximum absolute atomic E-state index is 12.3. The van der Waals surface area contributed by atoms with E-state index in [1.54, 1.807) is 11.6 Å². The number of nitrogen functional groups attached to an aromatic ring is 1. The zero-order valence-electron chi connectivity index (χ0n) is 11.9. The lowest BCUT2D eigenvalue weighted by atomic mass is 10.1. The van der Waals surface area contributed by atoms with Crippen LogP contribution < -0.4 is 15.8 Å². The summed E-state index contributed by atoms with van der Waals surface area (Å²) >= 11 is 1.27. The lowest BCUT2D eigenvalue weighted by Crippen LogP contribution is -2.45. The monoisotopic (exact) mass is 331 g/mol. The molecule has 1 amide bonds. The van der Waals surface area contributed by atoms with Gasteiger partial charge in [-0.1, -0.05) is 0 Å². The lowest BCUT2D eigenvalue weighted by molar-refractivity contribution is -0.121. The number of fused-ring (bicyclic) bond motifs is 1. The Hall–Kier alpha value is -1.65. The van der Waals surface area contributed by atoms with E-state index in [1.807, 2.05) is 20.8 Å². The van der Waals surface area contributed by atoms with Crippen LogP contribution in [-0.2, 0) is 14.8 Å². The molecule has 0 aliphatic carbocycles. The Balaban J connectivity index is 2.18. The van der Waals surface area contributed by atoms with Crippen LogP contribution in [0.3, 0.4) is 0 Å². The zero-order chi connectivity index (χ0) is 15.8. The number of sulfonamides is 1. The van der Waals surface area contributed by atoms with Crippen molar-refractivity contribution in [1.29, 1.82) is 0 Å². The molecule has 21 heavy (non-hydrogen) atoms. The highest BCUT2D eigenvalue weighted by atomic mass is 32.2. The molecule has 10 heteroatoms. The van der Waals surface area contributed by atoms with Gasteiger partial charge in [0, 0.05) is 17.1 Å². The highest BCUT2D eigenvalue weighted by molar-refractivity contribution is 7.89. The van der Waals surface area contributed by atoms with Crippen molar-refractivity contribution < 1.29 is 13.2 Å². The molecule has 2 heterocycles. The summed E-state index contributed by atoms with van der Waals surface area (Å²) in [4.78, 5) is 16.1. The molecule has 0 fully saturated rings. The summed E-state index contributed by atoms with van der Waals surface area (Å²) < 4.78 is 28.1. The van der Waals surface area contributed by atoms with Crippen LogP contribution in [0.4, 0.5) is 5.82 Å². The molecule has 8 nitrogen and oxygen atoms in total. The highest BCUT2D eigenvalue weighted by Gasteiger charge is 2.25. The summed E-state index contributed by atoms with van der Waals surface area (Å²) in [7, 11) is -3.92. The van der Waals surface area contributed by atoms with E-state index in [-0.39, 0.29) is 17.4 Å². The third kappa shape index (κ3) is 3.52. The second-order valence-electron chi connectivity index (χ2n) is 5.48. The first-order chi connectivity index (χ1) is 9.60. The number of thiazole rings is 1. The maximum atomic E-state index is 12.3. The summed E-state index contributed by atoms with van der Waals surface area (Å²) in [5, 5.41) is 4.22. The smallest absolute Gasteiger partial charge is 0.260 e. The summed E-state index contributed by atoms with van der Waals surface area (Å²) in [6, 6.07) is 0. The zero-order valence-corrected chi connectivity index (χ0v) is 13.5. The molecule has 0 unspecified atom stereocenters. The third-order valence-electron chi connectivity index (χ3n) is 2.44. The highest BCUT2D eigenvalue weighted by Crippen LogP contribution is 2.22. The molecule has 0 aliphatic rings. The second-order valence-corrected chi connectivity index (χ2v) is 8.04. The molecular formula is C11H17N5O3S2. The van der Waals surface area contributed by atoms with E-state index in [9.17, 15) is 13.2 Å². The van der Waals surface area contributed by atoms with Gasteiger partial charge < -0.3 is 11.1 Å². The number of aromatic nitrogens is 2. The molecule has 0 aliphatic heterocycles. The minimum atomic E-state index is -3.92. The van der Waals surface area contributed by atoms with Crippen molar-refractivity contribution >= 4 is 38.0 Å². The van der Waals surface area contributed by atoms with Crippen molar-refractivity contribution in [3.8, 4) is 0 Å². The van der Waals surface area contributed by atoms with Gasteiger partial charge in [0.2, 0.25) is 5.91 Å². The topological polar surface area (TPSA) is 119 Å². The fourth-order valence-corrected chi connectivity index (χ4v) is 3.70. The molecular weight excluding hydrogens is 314 g/mol. The first-order valence-electron chi connectivity index (χ1n) is 6.12. The van der Waals surface area contributed by atoms with E-state index in [4.69, 9.17) is 5.73 Å². The van der Waals surface area contributed by atoms with E-state index in [0.717, 1.165) is 0 Å². The Bertz CT molecular complexity index is 769. The van der Waals surface area contributed by atoms with Crippen LogP contribution in [0.1, 0.15) is 20.8 Å². The number of nitrogens with zero attached hydrogens (tertiary/aromatic N) is 2. The predicted octanol–water partition coefficient (Wildman–Crippen LogP) is 0.171. The molecule has 2 rings (SSSR count). The number of hydrogen-bond donors (Lipinski definition) is 3. The third-order valence-corrected chi connectivity index (χ3v) is 4.63. The molecule has 0 atom stereocenters. The van der Waals surface area contributed by atoms with E-state index in [1.165, 1.54) is 15.7 Å². The van der Waals surface area contributed by atoms with Gasteiger partial charge in [0.15, 0.2) is 15.8 Å². The van der Waals surface area contributed by atoms with Gasteiger partial charge in [-0.15, -0.1) is 11.3 Å². The van der Waals surface area contributed by atoms with Gasteiger partial charge in [-0.3, -0.25) is 9.20 Å². The Kier molecular flexibility index (Phi) is 3.95. The number of anilines is 1. The average Bonchev–Trinajstić information content (AvgIpc) is 2.83. The predicted molar refractivity (Wildman–Crippen MR) is 80.6 cm³/mol. The second kappa shape index (κ2) is 5.28. The fraction of sp³-hybridized carbons (Fsp3) is 0.455. The maximum Gasteiger partial charge on any atom is 0.260 e. The number of rotatable bonds is 4. The number of carbonyl (C=O) groups excluding carboxylic acids is 1. The van der Waals surface area contributed by atoms with Crippen molar-refractivity contribution in [3.05, 3.63) is 11.6 Å². The van der Waals surface area contributed by atoms with Gasteiger partial charge >= 0.3 is 0 Å². The van der Waals surface area contributed by atoms with Crippen molar-refractivity contribution in [2.45, 2.75) is 31.3 Å². The van der Waals surface area contributed by atoms with E-state index >= 15 is 0 Å². The molecule has 0 aromatic carbocycles.